The maximum absolute atomic E-state index is 13.8. The third kappa shape index (κ3) is 3.27. The first-order valence-corrected chi connectivity index (χ1v) is 6.28. The summed E-state index contributed by atoms with van der Waals surface area (Å²) >= 11 is 0. The molecule has 0 amide bonds. The van der Waals surface area contributed by atoms with Crippen LogP contribution in [0.5, 0.6) is 11.5 Å². The summed E-state index contributed by atoms with van der Waals surface area (Å²) in [7, 11) is 3.07. The fourth-order valence-electron chi connectivity index (χ4n) is 2.00. The van der Waals surface area contributed by atoms with Gasteiger partial charge in [-0.3, -0.25) is 0 Å². The van der Waals surface area contributed by atoms with Crippen LogP contribution in [0.3, 0.4) is 0 Å². The zero-order valence-electron chi connectivity index (χ0n) is 11.5. The predicted molar refractivity (Wildman–Crippen MR) is 74.6 cm³/mol. The first-order chi connectivity index (χ1) is 9.63. The van der Waals surface area contributed by atoms with E-state index in [4.69, 9.17) is 9.47 Å². The van der Waals surface area contributed by atoms with Crippen molar-refractivity contribution >= 4 is 0 Å². The molecule has 0 fully saturated rings. The molecule has 2 aromatic rings. The fourth-order valence-corrected chi connectivity index (χ4v) is 2.00. The molecule has 0 heterocycles. The average Bonchev–Trinajstić information content (AvgIpc) is 2.47. The number of hydrogen-bond acceptors (Lipinski definition) is 3. The van der Waals surface area contributed by atoms with Crippen molar-refractivity contribution in [2.45, 2.75) is 12.5 Å². The summed E-state index contributed by atoms with van der Waals surface area (Å²) in [5.74, 6) is 0.715. The molecule has 1 atom stereocenters. The van der Waals surface area contributed by atoms with E-state index < -0.39 is 11.9 Å². The van der Waals surface area contributed by atoms with Crippen molar-refractivity contribution in [3.63, 3.8) is 0 Å². The second-order valence-corrected chi connectivity index (χ2v) is 4.46. The number of benzene rings is 2. The second-order valence-electron chi connectivity index (χ2n) is 4.46. The molecule has 106 valence electrons. The van der Waals surface area contributed by atoms with E-state index in [0.717, 1.165) is 11.3 Å². The number of hydrogen-bond donors (Lipinski definition) is 1. The molecule has 0 aromatic heterocycles. The van der Waals surface area contributed by atoms with Crippen LogP contribution >= 0.6 is 0 Å². The molecular formula is C16H17FO3. The van der Waals surface area contributed by atoms with E-state index in [1.54, 1.807) is 19.2 Å². The number of ether oxygens (including phenoxy) is 2. The molecule has 0 bridgehead atoms. The highest BCUT2D eigenvalue weighted by Gasteiger charge is 2.14. The SMILES string of the molecule is COc1ccc(CC(O)c2ccc(OC)cc2F)cc1. The Morgan fingerprint density at radius 3 is 2.15 bits per heavy atom. The molecule has 0 aliphatic heterocycles. The lowest BCUT2D eigenvalue weighted by atomic mass is 10.0. The Hall–Kier alpha value is -2.07. The van der Waals surface area contributed by atoms with Gasteiger partial charge in [-0.15, -0.1) is 0 Å². The van der Waals surface area contributed by atoms with E-state index in [1.165, 1.54) is 13.2 Å². The van der Waals surface area contributed by atoms with Gasteiger partial charge in [0, 0.05) is 18.1 Å². The molecule has 3 nitrogen and oxygen atoms in total. The molecule has 0 saturated heterocycles. The number of methoxy groups -OCH3 is 2. The van der Waals surface area contributed by atoms with Crippen LogP contribution in [0.15, 0.2) is 42.5 Å². The van der Waals surface area contributed by atoms with Gasteiger partial charge >= 0.3 is 0 Å². The fraction of sp³-hybridized carbons (Fsp3) is 0.250. The van der Waals surface area contributed by atoms with Gasteiger partial charge in [-0.1, -0.05) is 12.1 Å². The molecule has 0 aliphatic carbocycles. The molecular weight excluding hydrogens is 259 g/mol. The highest BCUT2D eigenvalue weighted by molar-refractivity contribution is 5.32. The van der Waals surface area contributed by atoms with Crippen LogP contribution < -0.4 is 9.47 Å². The maximum atomic E-state index is 13.8. The Morgan fingerprint density at radius 2 is 1.60 bits per heavy atom. The van der Waals surface area contributed by atoms with E-state index in [9.17, 15) is 9.50 Å². The van der Waals surface area contributed by atoms with Crippen LogP contribution in [-0.2, 0) is 6.42 Å². The number of rotatable bonds is 5. The van der Waals surface area contributed by atoms with Gasteiger partial charge < -0.3 is 14.6 Å². The zero-order valence-corrected chi connectivity index (χ0v) is 11.5. The normalized spacial score (nSPS) is 12.0. The summed E-state index contributed by atoms with van der Waals surface area (Å²) in [4.78, 5) is 0. The van der Waals surface area contributed by atoms with Gasteiger partial charge in [-0.05, 0) is 29.8 Å². The van der Waals surface area contributed by atoms with Gasteiger partial charge in [0.05, 0.1) is 20.3 Å². The lowest BCUT2D eigenvalue weighted by Gasteiger charge is -2.13. The number of halogens is 1. The Bertz CT molecular complexity index is 566. The van der Waals surface area contributed by atoms with Crippen molar-refractivity contribution in [3.8, 4) is 11.5 Å². The third-order valence-electron chi connectivity index (χ3n) is 3.15. The smallest absolute Gasteiger partial charge is 0.132 e. The molecule has 4 heteroatoms. The summed E-state index contributed by atoms with van der Waals surface area (Å²) in [6.07, 6.45) is -0.554. The topological polar surface area (TPSA) is 38.7 Å². The quantitative estimate of drug-likeness (QED) is 0.912. The summed E-state index contributed by atoms with van der Waals surface area (Å²) < 4.78 is 23.9. The minimum atomic E-state index is -0.894. The molecule has 0 spiro atoms. The lowest BCUT2D eigenvalue weighted by molar-refractivity contribution is 0.173. The van der Waals surface area contributed by atoms with Gasteiger partial charge in [0.15, 0.2) is 0 Å². The Labute approximate surface area is 117 Å². The average molecular weight is 276 g/mol. The van der Waals surface area contributed by atoms with E-state index in [2.05, 4.69) is 0 Å². The Kier molecular flexibility index (Phi) is 4.58. The summed E-state index contributed by atoms with van der Waals surface area (Å²) in [6.45, 7) is 0. The molecule has 0 radical (unpaired) electrons. The van der Waals surface area contributed by atoms with Crippen molar-refractivity contribution in [1.29, 1.82) is 0 Å². The van der Waals surface area contributed by atoms with Crippen molar-refractivity contribution in [2.75, 3.05) is 14.2 Å². The van der Waals surface area contributed by atoms with Crippen LogP contribution in [-0.4, -0.2) is 19.3 Å². The van der Waals surface area contributed by atoms with Gasteiger partial charge in [0.25, 0.3) is 0 Å². The highest BCUT2D eigenvalue weighted by Crippen LogP contribution is 2.25. The zero-order chi connectivity index (χ0) is 14.5. The first kappa shape index (κ1) is 14.3. The summed E-state index contributed by atoms with van der Waals surface area (Å²) in [6, 6.07) is 11.8. The standard InChI is InChI=1S/C16H17FO3/c1-19-12-5-3-11(4-6-12)9-16(18)14-8-7-13(20-2)10-15(14)17/h3-8,10,16,18H,9H2,1-2H3. The van der Waals surface area contributed by atoms with Gasteiger partial charge in [0.2, 0.25) is 0 Å². The van der Waals surface area contributed by atoms with Crippen LogP contribution in [0, 0.1) is 5.82 Å². The molecule has 2 rings (SSSR count). The van der Waals surface area contributed by atoms with Crippen LogP contribution in [0.2, 0.25) is 0 Å². The largest absolute Gasteiger partial charge is 0.497 e. The molecule has 2 aromatic carbocycles. The van der Waals surface area contributed by atoms with E-state index in [0.29, 0.717) is 12.2 Å². The van der Waals surface area contributed by atoms with E-state index in [-0.39, 0.29) is 5.56 Å². The van der Waals surface area contributed by atoms with Crippen LogP contribution in [0.4, 0.5) is 4.39 Å². The minimum absolute atomic E-state index is 0.265. The summed E-state index contributed by atoms with van der Waals surface area (Å²) in [5.41, 5.74) is 1.18. The van der Waals surface area contributed by atoms with Crippen molar-refractivity contribution in [1.82, 2.24) is 0 Å². The van der Waals surface area contributed by atoms with Gasteiger partial charge in [-0.25, -0.2) is 4.39 Å². The molecule has 0 aliphatic rings. The maximum Gasteiger partial charge on any atom is 0.132 e. The first-order valence-electron chi connectivity index (χ1n) is 6.28. The Morgan fingerprint density at radius 1 is 1.00 bits per heavy atom. The molecule has 1 unspecified atom stereocenters. The summed E-state index contributed by atoms with van der Waals surface area (Å²) in [5, 5.41) is 10.1. The highest BCUT2D eigenvalue weighted by atomic mass is 19.1. The molecule has 0 saturated carbocycles. The number of aliphatic hydroxyl groups excluding tert-OH is 1. The monoisotopic (exact) mass is 276 g/mol. The van der Waals surface area contributed by atoms with E-state index >= 15 is 0 Å². The van der Waals surface area contributed by atoms with Crippen molar-refractivity contribution < 1.29 is 19.0 Å². The van der Waals surface area contributed by atoms with Gasteiger partial charge in [0.1, 0.15) is 17.3 Å². The lowest BCUT2D eigenvalue weighted by Crippen LogP contribution is -2.04. The predicted octanol–water partition coefficient (Wildman–Crippen LogP) is 3.12. The minimum Gasteiger partial charge on any atom is -0.497 e. The van der Waals surface area contributed by atoms with Crippen molar-refractivity contribution in [2.24, 2.45) is 0 Å². The van der Waals surface area contributed by atoms with E-state index in [1.807, 2.05) is 24.3 Å². The van der Waals surface area contributed by atoms with Crippen LogP contribution in [0.1, 0.15) is 17.2 Å². The molecule has 20 heavy (non-hydrogen) atoms. The molecule has 1 N–H and O–H groups in total. The number of aliphatic hydroxyl groups is 1. The third-order valence-corrected chi connectivity index (χ3v) is 3.15. The van der Waals surface area contributed by atoms with Crippen LogP contribution in [0.25, 0.3) is 0 Å². The van der Waals surface area contributed by atoms with Crippen molar-refractivity contribution in [3.05, 3.63) is 59.4 Å². The second kappa shape index (κ2) is 6.39. The Balaban J connectivity index is 2.12. The van der Waals surface area contributed by atoms with Gasteiger partial charge in [-0.2, -0.15) is 0 Å².